The van der Waals surface area contributed by atoms with Gasteiger partial charge in [0.05, 0.1) is 16.2 Å². The third-order valence-electron chi connectivity index (χ3n) is 5.75. The minimum Gasteiger partial charge on any atom is -0.432 e. The molecule has 0 aliphatic carbocycles. The lowest BCUT2D eigenvalue weighted by molar-refractivity contribution is -0.0490. The van der Waals surface area contributed by atoms with Crippen molar-refractivity contribution in [1.29, 1.82) is 0 Å². The number of imidazole rings is 1. The first kappa shape index (κ1) is 22.6. The largest absolute Gasteiger partial charge is 0.432 e. The van der Waals surface area contributed by atoms with E-state index in [1.807, 2.05) is 0 Å². The van der Waals surface area contributed by atoms with Gasteiger partial charge in [-0.2, -0.15) is 8.78 Å². The Labute approximate surface area is 184 Å². The Kier molecular flexibility index (Phi) is 6.71. The molecule has 1 aliphatic rings. The number of alkyl halides is 2. The van der Waals surface area contributed by atoms with E-state index in [4.69, 9.17) is 0 Å². The van der Waals surface area contributed by atoms with Crippen molar-refractivity contribution in [2.45, 2.75) is 30.8 Å². The van der Waals surface area contributed by atoms with Crippen molar-refractivity contribution >= 4 is 20.9 Å². The van der Waals surface area contributed by atoms with E-state index in [2.05, 4.69) is 19.6 Å². The molecule has 1 aliphatic heterocycles. The monoisotopic (exact) mass is 467 g/mol. The fourth-order valence-electron chi connectivity index (χ4n) is 4.07. The molecule has 0 spiro atoms. The SMILES string of the molecule is O=S(=O)(CCN1CCC(Cc2nc3c(OC(F)F)cc(F)cc3[nH]2)CC1)c1ccccc1. The molecule has 0 unspecified atom stereocenters. The predicted octanol–water partition coefficient (Wildman–Crippen LogP) is 4.03. The number of aromatic amines is 1. The smallest absolute Gasteiger partial charge is 0.387 e. The zero-order valence-corrected chi connectivity index (χ0v) is 18.1. The molecule has 2 heterocycles. The van der Waals surface area contributed by atoms with Gasteiger partial charge in [0.1, 0.15) is 17.2 Å². The number of sulfone groups is 1. The number of piperidine rings is 1. The van der Waals surface area contributed by atoms with Gasteiger partial charge in [0.15, 0.2) is 15.6 Å². The van der Waals surface area contributed by atoms with E-state index in [0.29, 0.717) is 35.1 Å². The molecule has 4 rings (SSSR count). The van der Waals surface area contributed by atoms with Gasteiger partial charge in [-0.05, 0) is 50.0 Å². The lowest BCUT2D eigenvalue weighted by atomic mass is 9.93. The lowest BCUT2D eigenvalue weighted by Crippen LogP contribution is -2.37. The van der Waals surface area contributed by atoms with Gasteiger partial charge in [0, 0.05) is 19.0 Å². The molecule has 10 heteroatoms. The van der Waals surface area contributed by atoms with Crippen molar-refractivity contribution in [2.24, 2.45) is 5.92 Å². The highest BCUT2D eigenvalue weighted by Gasteiger charge is 2.23. The molecule has 6 nitrogen and oxygen atoms in total. The molecule has 1 aromatic heterocycles. The van der Waals surface area contributed by atoms with Gasteiger partial charge in [-0.1, -0.05) is 18.2 Å². The van der Waals surface area contributed by atoms with Crippen molar-refractivity contribution < 1.29 is 26.3 Å². The molecule has 0 saturated carbocycles. The number of rotatable bonds is 8. The average Bonchev–Trinajstić information content (AvgIpc) is 3.16. The molecule has 32 heavy (non-hydrogen) atoms. The summed E-state index contributed by atoms with van der Waals surface area (Å²) < 4.78 is 68.2. The number of fused-ring (bicyclic) bond motifs is 1. The van der Waals surface area contributed by atoms with Gasteiger partial charge < -0.3 is 14.6 Å². The van der Waals surface area contributed by atoms with Gasteiger partial charge >= 0.3 is 6.61 Å². The number of likely N-dealkylation sites (tertiary alicyclic amines) is 1. The molecular weight excluding hydrogens is 443 g/mol. The van der Waals surface area contributed by atoms with Crippen LogP contribution in [0.2, 0.25) is 0 Å². The zero-order valence-electron chi connectivity index (χ0n) is 17.3. The highest BCUT2D eigenvalue weighted by atomic mass is 32.2. The normalized spacial score (nSPS) is 16.1. The minimum absolute atomic E-state index is 0.0731. The topological polar surface area (TPSA) is 75.3 Å². The van der Waals surface area contributed by atoms with Crippen molar-refractivity contribution in [3.8, 4) is 5.75 Å². The first-order valence-corrected chi connectivity index (χ1v) is 12.1. The summed E-state index contributed by atoms with van der Waals surface area (Å²) in [6.45, 7) is -1.05. The molecule has 0 radical (unpaired) electrons. The number of nitrogens with one attached hydrogen (secondary N) is 1. The molecule has 3 aromatic rings. The first-order valence-electron chi connectivity index (χ1n) is 10.4. The van der Waals surface area contributed by atoms with E-state index in [-0.39, 0.29) is 17.0 Å². The van der Waals surface area contributed by atoms with Crippen LogP contribution < -0.4 is 4.74 Å². The van der Waals surface area contributed by atoms with Crippen LogP contribution in [0.4, 0.5) is 13.2 Å². The second kappa shape index (κ2) is 9.50. The maximum absolute atomic E-state index is 13.7. The summed E-state index contributed by atoms with van der Waals surface area (Å²) in [5.74, 6) is 0.00901. The van der Waals surface area contributed by atoms with Crippen LogP contribution in [-0.2, 0) is 16.3 Å². The van der Waals surface area contributed by atoms with Crippen LogP contribution in [0.1, 0.15) is 18.7 Å². The highest BCUT2D eigenvalue weighted by molar-refractivity contribution is 7.91. The predicted molar refractivity (Wildman–Crippen MR) is 114 cm³/mol. The van der Waals surface area contributed by atoms with E-state index in [1.54, 1.807) is 30.3 Å². The Morgan fingerprint density at radius 2 is 1.88 bits per heavy atom. The van der Waals surface area contributed by atoms with E-state index < -0.39 is 22.3 Å². The van der Waals surface area contributed by atoms with Crippen LogP contribution >= 0.6 is 0 Å². The molecule has 1 fully saturated rings. The van der Waals surface area contributed by atoms with Crippen molar-refractivity contribution in [3.63, 3.8) is 0 Å². The maximum atomic E-state index is 13.7. The van der Waals surface area contributed by atoms with Gasteiger partial charge in [-0.25, -0.2) is 17.8 Å². The third kappa shape index (κ3) is 5.42. The Morgan fingerprint density at radius 3 is 2.56 bits per heavy atom. The molecule has 172 valence electrons. The summed E-state index contributed by atoms with van der Waals surface area (Å²) in [6.07, 6.45) is 2.31. The summed E-state index contributed by atoms with van der Waals surface area (Å²) in [5.41, 5.74) is 0.504. The van der Waals surface area contributed by atoms with Crippen molar-refractivity contribution in [2.75, 3.05) is 25.4 Å². The summed E-state index contributed by atoms with van der Waals surface area (Å²) in [4.78, 5) is 9.83. The Balaban J connectivity index is 1.33. The number of hydrogen-bond acceptors (Lipinski definition) is 5. The number of H-pyrrole nitrogens is 1. The fourth-order valence-corrected chi connectivity index (χ4v) is 5.37. The molecular formula is C22H24F3N3O3S. The van der Waals surface area contributed by atoms with Crippen molar-refractivity contribution in [3.05, 3.63) is 54.1 Å². The van der Waals surface area contributed by atoms with Crippen LogP contribution in [0.3, 0.4) is 0 Å². The third-order valence-corrected chi connectivity index (χ3v) is 7.46. The number of aromatic nitrogens is 2. The zero-order chi connectivity index (χ0) is 22.7. The number of nitrogens with zero attached hydrogens (tertiary/aromatic N) is 2. The van der Waals surface area contributed by atoms with Crippen LogP contribution in [-0.4, -0.2) is 55.3 Å². The van der Waals surface area contributed by atoms with E-state index in [1.165, 1.54) is 6.07 Å². The quantitative estimate of drug-likeness (QED) is 0.541. The van der Waals surface area contributed by atoms with Crippen LogP contribution in [0.15, 0.2) is 47.4 Å². The van der Waals surface area contributed by atoms with Gasteiger partial charge in [-0.15, -0.1) is 0 Å². The minimum atomic E-state index is -3.31. The first-order chi connectivity index (χ1) is 15.3. The van der Waals surface area contributed by atoms with Gasteiger partial charge in [0.2, 0.25) is 0 Å². The van der Waals surface area contributed by atoms with E-state index in [9.17, 15) is 21.6 Å². The molecule has 1 N–H and O–H groups in total. The van der Waals surface area contributed by atoms with E-state index in [0.717, 1.165) is 32.0 Å². The number of ether oxygens (including phenoxy) is 1. The molecule has 0 amide bonds. The van der Waals surface area contributed by atoms with Gasteiger partial charge in [0.25, 0.3) is 0 Å². The fraction of sp³-hybridized carbons (Fsp3) is 0.409. The van der Waals surface area contributed by atoms with Crippen molar-refractivity contribution in [1.82, 2.24) is 14.9 Å². The van der Waals surface area contributed by atoms with Crippen LogP contribution in [0, 0.1) is 11.7 Å². The summed E-state index contributed by atoms with van der Waals surface area (Å²) in [7, 11) is -3.31. The standard InChI is InChI=1S/C22H24F3N3O3S/c23-16-13-18-21(19(14-16)31-22(24)25)27-20(26-18)12-15-6-8-28(9-7-15)10-11-32(29,30)17-4-2-1-3-5-17/h1-5,13-15,22H,6-12H2,(H,26,27). The van der Waals surface area contributed by atoms with E-state index >= 15 is 0 Å². The van der Waals surface area contributed by atoms with Crippen LogP contribution in [0.25, 0.3) is 11.0 Å². The van der Waals surface area contributed by atoms with Gasteiger partial charge in [-0.3, -0.25) is 0 Å². The maximum Gasteiger partial charge on any atom is 0.387 e. The molecule has 0 bridgehead atoms. The summed E-state index contributed by atoms with van der Waals surface area (Å²) in [6, 6.07) is 10.5. The second-order valence-electron chi connectivity index (χ2n) is 7.98. The summed E-state index contributed by atoms with van der Waals surface area (Å²) >= 11 is 0. The number of benzene rings is 2. The molecule has 1 saturated heterocycles. The van der Waals surface area contributed by atoms with Crippen LogP contribution in [0.5, 0.6) is 5.75 Å². The number of hydrogen-bond donors (Lipinski definition) is 1. The Hall–Kier alpha value is -2.59. The average molecular weight is 468 g/mol. The summed E-state index contributed by atoms with van der Waals surface area (Å²) in [5, 5.41) is 0. The molecule has 2 aromatic carbocycles. The highest BCUT2D eigenvalue weighted by Crippen LogP contribution is 2.29. The Bertz CT molecular complexity index is 1160. The second-order valence-corrected chi connectivity index (χ2v) is 10.1. The number of halogens is 3. The molecule has 0 atom stereocenters. The Morgan fingerprint density at radius 1 is 1.16 bits per heavy atom. The lowest BCUT2D eigenvalue weighted by Gasteiger charge is -2.31.